The lowest BCUT2D eigenvalue weighted by atomic mass is 9.93. The average Bonchev–Trinajstić information content (AvgIpc) is 2.88. The third kappa shape index (κ3) is 6.26. The van der Waals surface area contributed by atoms with Crippen LogP contribution in [0.1, 0.15) is 89.5 Å². The van der Waals surface area contributed by atoms with E-state index in [1.54, 1.807) is 12.1 Å². The molecule has 2 rings (SSSR count). The summed E-state index contributed by atoms with van der Waals surface area (Å²) in [6.07, 6.45) is 12.0. The summed E-state index contributed by atoms with van der Waals surface area (Å²) in [5.41, 5.74) is 2.28. The van der Waals surface area contributed by atoms with Gasteiger partial charge in [-0.1, -0.05) is 77.7 Å². The average molecular weight is 347 g/mol. The molecule has 0 saturated carbocycles. The van der Waals surface area contributed by atoms with Crippen LogP contribution in [0.2, 0.25) is 0 Å². The first-order valence-electron chi connectivity index (χ1n) is 9.93. The quantitative estimate of drug-likeness (QED) is 0.270. The van der Waals surface area contributed by atoms with Gasteiger partial charge in [0.15, 0.2) is 0 Å². The van der Waals surface area contributed by atoms with Crippen LogP contribution in [0.3, 0.4) is 0 Å². The van der Waals surface area contributed by atoms with Crippen molar-refractivity contribution < 1.29 is 14.6 Å². The number of benzene rings is 1. The Morgan fingerprint density at radius 3 is 2.36 bits per heavy atom. The number of rotatable bonds is 11. The van der Waals surface area contributed by atoms with Crippen molar-refractivity contribution in [1.29, 1.82) is 0 Å². The molecule has 0 saturated heterocycles. The molecule has 2 N–H and O–H groups in total. The molecule has 0 radical (unpaired) electrons. The third-order valence-electron chi connectivity index (χ3n) is 5.28. The van der Waals surface area contributed by atoms with Crippen LogP contribution in [0, 0.1) is 0 Å². The van der Waals surface area contributed by atoms with Gasteiger partial charge in [0.1, 0.15) is 5.75 Å². The van der Waals surface area contributed by atoms with E-state index in [1.165, 1.54) is 69.8 Å². The fourth-order valence-electron chi connectivity index (χ4n) is 3.76. The van der Waals surface area contributed by atoms with Crippen molar-refractivity contribution in [3.8, 4) is 5.75 Å². The predicted octanol–water partition coefficient (Wildman–Crippen LogP) is 6.56. The Balaban J connectivity index is 1.66. The molecule has 140 valence electrons. The largest absolute Gasteiger partial charge is 0.511 e. The van der Waals surface area contributed by atoms with Crippen LogP contribution in [-0.4, -0.2) is 17.3 Å². The molecule has 2 unspecified atom stereocenters. The van der Waals surface area contributed by atoms with Gasteiger partial charge in [0.25, 0.3) is 0 Å². The van der Waals surface area contributed by atoms with Gasteiger partial charge in [-0.25, -0.2) is 4.79 Å². The number of carboxylic acid groups (broad SMARTS) is 1. The zero-order chi connectivity index (χ0) is 18.1. The predicted molar refractivity (Wildman–Crippen MR) is 103 cm³/mol. The molecule has 0 amide bonds. The molecule has 25 heavy (non-hydrogen) atoms. The normalized spacial score (nSPS) is 18.6. The lowest BCUT2D eigenvalue weighted by Gasteiger charge is -2.16. The van der Waals surface area contributed by atoms with Crippen LogP contribution in [0.25, 0.3) is 0 Å². The standard InChI is InChI=1S/C21H33NO3/c1-3-4-5-6-7-8-9-10-11-12-19-16(2)18-14-13-17(25-21(23)24)15-20(18)22-19/h13-16,19,22H,3-12H2,1-2H3,(H,23,24). The molecule has 4 nitrogen and oxygen atoms in total. The maximum atomic E-state index is 10.7. The molecule has 0 fully saturated rings. The van der Waals surface area contributed by atoms with E-state index in [2.05, 4.69) is 19.2 Å². The SMILES string of the molecule is CCCCCCCCCCCC1Nc2cc(OC(=O)O)ccc2C1C. The van der Waals surface area contributed by atoms with Gasteiger partial charge in [0.05, 0.1) is 0 Å². The van der Waals surface area contributed by atoms with Gasteiger partial charge in [-0.2, -0.15) is 0 Å². The van der Waals surface area contributed by atoms with Crippen molar-refractivity contribution in [1.82, 2.24) is 0 Å². The summed E-state index contributed by atoms with van der Waals surface area (Å²) in [4.78, 5) is 10.7. The number of carbonyl (C=O) groups is 1. The van der Waals surface area contributed by atoms with E-state index in [1.807, 2.05) is 6.07 Å². The zero-order valence-electron chi connectivity index (χ0n) is 15.7. The van der Waals surface area contributed by atoms with Crippen molar-refractivity contribution >= 4 is 11.8 Å². The van der Waals surface area contributed by atoms with E-state index in [-0.39, 0.29) is 0 Å². The smallest absolute Gasteiger partial charge is 0.449 e. The number of ether oxygens (including phenoxy) is 1. The number of unbranched alkanes of at least 4 members (excludes halogenated alkanes) is 8. The molecule has 1 aliphatic rings. The summed E-state index contributed by atoms with van der Waals surface area (Å²) in [6, 6.07) is 5.98. The Hall–Kier alpha value is -1.71. The van der Waals surface area contributed by atoms with Gasteiger partial charge in [0.2, 0.25) is 0 Å². The Kier molecular flexibility index (Phi) is 8.10. The Morgan fingerprint density at radius 2 is 1.72 bits per heavy atom. The monoisotopic (exact) mass is 347 g/mol. The van der Waals surface area contributed by atoms with Gasteiger partial charge >= 0.3 is 6.16 Å². The number of anilines is 1. The minimum absolute atomic E-state index is 0.384. The van der Waals surface area contributed by atoms with Crippen LogP contribution in [0.4, 0.5) is 10.5 Å². The lowest BCUT2D eigenvalue weighted by Crippen LogP contribution is -2.18. The second-order valence-corrected chi connectivity index (χ2v) is 7.27. The van der Waals surface area contributed by atoms with Crippen molar-refractivity contribution in [2.75, 3.05) is 5.32 Å². The molecule has 0 aromatic heterocycles. The van der Waals surface area contributed by atoms with E-state index in [0.29, 0.717) is 17.7 Å². The molecule has 0 aliphatic carbocycles. The Labute approximate surface area is 152 Å². The number of hydrogen-bond donors (Lipinski definition) is 2. The zero-order valence-corrected chi connectivity index (χ0v) is 15.7. The van der Waals surface area contributed by atoms with Gasteiger partial charge in [-0.15, -0.1) is 0 Å². The molecule has 1 aromatic carbocycles. The van der Waals surface area contributed by atoms with E-state index < -0.39 is 6.16 Å². The van der Waals surface area contributed by atoms with Gasteiger partial charge in [-0.05, 0) is 18.1 Å². The summed E-state index contributed by atoms with van der Waals surface area (Å²) in [7, 11) is 0. The van der Waals surface area contributed by atoms with E-state index in [4.69, 9.17) is 9.84 Å². The van der Waals surface area contributed by atoms with Crippen molar-refractivity contribution in [3.05, 3.63) is 23.8 Å². The van der Waals surface area contributed by atoms with Crippen LogP contribution >= 0.6 is 0 Å². The second-order valence-electron chi connectivity index (χ2n) is 7.27. The highest BCUT2D eigenvalue weighted by atomic mass is 16.7. The molecule has 1 aromatic rings. The maximum absolute atomic E-state index is 10.7. The van der Waals surface area contributed by atoms with Crippen LogP contribution < -0.4 is 10.1 Å². The Morgan fingerprint density at radius 1 is 1.08 bits per heavy atom. The molecular weight excluding hydrogens is 314 g/mol. The van der Waals surface area contributed by atoms with E-state index in [0.717, 1.165) is 5.69 Å². The minimum atomic E-state index is -1.27. The Bertz CT molecular complexity index is 544. The number of fused-ring (bicyclic) bond motifs is 1. The minimum Gasteiger partial charge on any atom is -0.449 e. The van der Waals surface area contributed by atoms with Crippen LogP contribution in [-0.2, 0) is 0 Å². The molecule has 2 atom stereocenters. The fourth-order valence-corrected chi connectivity index (χ4v) is 3.76. The summed E-state index contributed by atoms with van der Waals surface area (Å²) in [5.74, 6) is 0.845. The third-order valence-corrected chi connectivity index (χ3v) is 5.28. The molecule has 1 heterocycles. The fraction of sp³-hybridized carbons (Fsp3) is 0.667. The highest BCUT2D eigenvalue weighted by Gasteiger charge is 2.28. The van der Waals surface area contributed by atoms with Crippen LogP contribution in [0.15, 0.2) is 18.2 Å². The number of hydrogen-bond acceptors (Lipinski definition) is 3. The maximum Gasteiger partial charge on any atom is 0.511 e. The first-order valence-corrected chi connectivity index (χ1v) is 9.93. The topological polar surface area (TPSA) is 58.6 Å². The molecular formula is C21H33NO3. The van der Waals surface area contributed by atoms with Gasteiger partial charge in [-0.3, -0.25) is 0 Å². The molecule has 0 spiro atoms. The summed E-state index contributed by atoms with van der Waals surface area (Å²) in [6.45, 7) is 4.51. The molecule has 4 heteroatoms. The van der Waals surface area contributed by atoms with E-state index in [9.17, 15) is 4.79 Å². The van der Waals surface area contributed by atoms with Crippen molar-refractivity contribution in [2.24, 2.45) is 0 Å². The summed E-state index contributed by atoms with van der Waals surface area (Å²) < 4.78 is 4.75. The highest BCUT2D eigenvalue weighted by Crippen LogP contribution is 2.39. The van der Waals surface area contributed by atoms with Gasteiger partial charge in [0, 0.05) is 23.7 Å². The number of nitrogens with one attached hydrogen (secondary N) is 1. The summed E-state index contributed by atoms with van der Waals surface area (Å²) in [5, 5.41) is 12.3. The van der Waals surface area contributed by atoms with Crippen LogP contribution in [0.5, 0.6) is 5.75 Å². The highest BCUT2D eigenvalue weighted by molar-refractivity contribution is 5.66. The lowest BCUT2D eigenvalue weighted by molar-refractivity contribution is 0.144. The first kappa shape index (κ1) is 19.6. The second kappa shape index (κ2) is 10.3. The first-order chi connectivity index (χ1) is 12.1. The molecule has 0 bridgehead atoms. The summed E-state index contributed by atoms with van der Waals surface area (Å²) >= 11 is 0. The van der Waals surface area contributed by atoms with Gasteiger partial charge < -0.3 is 15.2 Å². The van der Waals surface area contributed by atoms with E-state index >= 15 is 0 Å². The molecule has 1 aliphatic heterocycles. The van der Waals surface area contributed by atoms with Crippen molar-refractivity contribution in [3.63, 3.8) is 0 Å². The van der Waals surface area contributed by atoms with Crippen molar-refractivity contribution in [2.45, 2.75) is 90.0 Å².